The maximum atomic E-state index is 2.38. The molecule has 0 aliphatic carbocycles. The van der Waals surface area contributed by atoms with Crippen molar-refractivity contribution in [2.24, 2.45) is 0 Å². The first-order valence-electron chi connectivity index (χ1n) is 16.0. The topological polar surface area (TPSA) is 0 Å². The van der Waals surface area contributed by atoms with Crippen LogP contribution in [0.5, 0.6) is 0 Å². The molecule has 0 unspecified atom stereocenters. The average molecular weight is 587 g/mol. The summed E-state index contributed by atoms with van der Waals surface area (Å²) >= 11 is 0. The van der Waals surface area contributed by atoms with Crippen LogP contribution in [0.3, 0.4) is 0 Å². The van der Waals surface area contributed by atoms with Gasteiger partial charge in [0.05, 0.1) is 0 Å². The molecular weight excluding hydrogens is 553 g/mol. The van der Waals surface area contributed by atoms with Gasteiger partial charge in [0.15, 0.2) is 0 Å². The molecule has 0 bridgehead atoms. The molecule has 0 aliphatic heterocycles. The third-order valence-electron chi connectivity index (χ3n) is 9.37. The van der Waals surface area contributed by atoms with Gasteiger partial charge in [0.1, 0.15) is 0 Å². The highest BCUT2D eigenvalue weighted by Crippen LogP contribution is 2.45. The molecule has 0 radical (unpaired) electrons. The van der Waals surface area contributed by atoms with E-state index in [0.29, 0.717) is 0 Å². The van der Waals surface area contributed by atoms with Crippen molar-refractivity contribution in [3.63, 3.8) is 0 Å². The number of benzene rings is 8. The van der Waals surface area contributed by atoms with Gasteiger partial charge in [0.2, 0.25) is 0 Å². The van der Waals surface area contributed by atoms with Gasteiger partial charge in [-0.3, -0.25) is 0 Å². The van der Waals surface area contributed by atoms with E-state index < -0.39 is 0 Å². The Morgan fingerprint density at radius 3 is 1.37 bits per heavy atom. The Hall–Kier alpha value is -5.72. The van der Waals surface area contributed by atoms with Crippen molar-refractivity contribution in [2.45, 2.75) is 13.8 Å². The molecular formula is C46H34. The van der Waals surface area contributed by atoms with Crippen LogP contribution >= 0.6 is 0 Å². The third-order valence-corrected chi connectivity index (χ3v) is 9.37. The van der Waals surface area contributed by atoms with Crippen LogP contribution in [0.4, 0.5) is 0 Å². The van der Waals surface area contributed by atoms with Crippen molar-refractivity contribution in [1.82, 2.24) is 0 Å². The number of hydrogen-bond donors (Lipinski definition) is 0. The Balaban J connectivity index is 1.27. The maximum Gasteiger partial charge on any atom is -0.00237 e. The Kier molecular flexibility index (Phi) is 7.04. The van der Waals surface area contributed by atoms with E-state index in [1.807, 2.05) is 0 Å². The first kappa shape index (κ1) is 27.8. The summed E-state index contributed by atoms with van der Waals surface area (Å²) in [5.41, 5.74) is 15.1. The van der Waals surface area contributed by atoms with Crippen molar-refractivity contribution in [1.29, 1.82) is 0 Å². The van der Waals surface area contributed by atoms with E-state index in [9.17, 15) is 0 Å². The van der Waals surface area contributed by atoms with Crippen LogP contribution in [0, 0.1) is 13.8 Å². The van der Waals surface area contributed by atoms with E-state index in [4.69, 9.17) is 0 Å². The lowest BCUT2D eigenvalue weighted by atomic mass is 9.84. The fourth-order valence-corrected chi connectivity index (χ4v) is 7.02. The normalized spacial score (nSPS) is 11.3. The largest absolute Gasteiger partial charge is 0.0622 e. The van der Waals surface area contributed by atoms with Crippen molar-refractivity contribution in [2.75, 3.05) is 0 Å². The lowest BCUT2D eigenvalue weighted by molar-refractivity contribution is 1.45. The molecule has 0 nitrogen and oxygen atoms in total. The number of hydrogen-bond acceptors (Lipinski definition) is 0. The highest BCUT2D eigenvalue weighted by molar-refractivity contribution is 6.21. The molecule has 0 aromatic heterocycles. The standard InChI is InChI=1S/C46H34/c1-31-13-6-7-18-39(31)46-42-21-10-8-19-40(42)45(41-20-9-11-22-43(41)46)38-17-12-16-37(29-38)44-30-36(24-23-32(44)2)35-27-25-34(26-28-35)33-14-4-3-5-15-33/h3-30H,1-2H3. The Morgan fingerprint density at radius 2 is 0.717 bits per heavy atom. The van der Waals surface area contributed by atoms with Crippen LogP contribution in [0.15, 0.2) is 170 Å². The quantitative estimate of drug-likeness (QED) is 0.176. The summed E-state index contributed by atoms with van der Waals surface area (Å²) in [5, 5.41) is 5.13. The lowest BCUT2D eigenvalue weighted by Gasteiger charge is -2.19. The molecule has 0 heterocycles. The van der Waals surface area contributed by atoms with Crippen LogP contribution in [-0.4, -0.2) is 0 Å². The van der Waals surface area contributed by atoms with Gasteiger partial charge in [-0.15, -0.1) is 0 Å². The number of rotatable bonds is 5. The second-order valence-corrected chi connectivity index (χ2v) is 12.2. The summed E-state index contributed by atoms with van der Waals surface area (Å²) in [6, 6.07) is 62.0. The van der Waals surface area contributed by atoms with Crippen LogP contribution in [0.2, 0.25) is 0 Å². The number of fused-ring (bicyclic) bond motifs is 2. The predicted octanol–water partition coefficient (Wildman–Crippen LogP) is 12.9. The van der Waals surface area contributed by atoms with Crippen molar-refractivity contribution < 1.29 is 0 Å². The molecule has 0 aliphatic rings. The van der Waals surface area contributed by atoms with Gasteiger partial charge < -0.3 is 0 Å². The minimum atomic E-state index is 1.22. The Morgan fingerprint density at radius 1 is 0.261 bits per heavy atom. The molecule has 8 rings (SSSR count). The minimum absolute atomic E-state index is 1.22. The van der Waals surface area contributed by atoms with Crippen LogP contribution in [0.25, 0.3) is 77.2 Å². The first-order valence-corrected chi connectivity index (χ1v) is 16.0. The summed E-state index contributed by atoms with van der Waals surface area (Å²) in [4.78, 5) is 0. The van der Waals surface area contributed by atoms with E-state index in [1.54, 1.807) is 0 Å². The molecule has 0 atom stereocenters. The fraction of sp³-hybridized carbons (Fsp3) is 0.0435. The van der Waals surface area contributed by atoms with Gasteiger partial charge in [0.25, 0.3) is 0 Å². The summed E-state index contributed by atoms with van der Waals surface area (Å²) in [7, 11) is 0. The van der Waals surface area contributed by atoms with Crippen LogP contribution < -0.4 is 0 Å². The molecule has 218 valence electrons. The van der Waals surface area contributed by atoms with Gasteiger partial charge in [-0.05, 0) is 114 Å². The second-order valence-electron chi connectivity index (χ2n) is 12.2. The second kappa shape index (κ2) is 11.7. The molecule has 0 amide bonds. The smallest absolute Gasteiger partial charge is 0.00237 e. The van der Waals surface area contributed by atoms with Crippen LogP contribution in [-0.2, 0) is 0 Å². The number of aryl methyl sites for hydroxylation is 2. The zero-order valence-corrected chi connectivity index (χ0v) is 26.2. The summed E-state index contributed by atoms with van der Waals surface area (Å²) < 4.78 is 0. The predicted molar refractivity (Wildman–Crippen MR) is 198 cm³/mol. The lowest BCUT2D eigenvalue weighted by Crippen LogP contribution is -1.92. The van der Waals surface area contributed by atoms with Gasteiger partial charge in [0, 0.05) is 0 Å². The molecule has 8 aromatic rings. The highest BCUT2D eigenvalue weighted by Gasteiger charge is 2.18. The maximum absolute atomic E-state index is 2.38. The van der Waals surface area contributed by atoms with Gasteiger partial charge in [-0.2, -0.15) is 0 Å². The van der Waals surface area contributed by atoms with Crippen molar-refractivity contribution in [3.8, 4) is 55.6 Å². The molecule has 0 N–H and O–H groups in total. The zero-order valence-electron chi connectivity index (χ0n) is 26.2. The molecule has 0 spiro atoms. The Bertz CT molecular complexity index is 2300. The summed E-state index contributed by atoms with van der Waals surface area (Å²) in [6.07, 6.45) is 0. The monoisotopic (exact) mass is 586 g/mol. The van der Waals surface area contributed by atoms with Gasteiger partial charge in [-0.1, -0.05) is 158 Å². The summed E-state index contributed by atoms with van der Waals surface area (Å²) in [5.74, 6) is 0. The first-order chi connectivity index (χ1) is 22.7. The van der Waals surface area contributed by atoms with E-state index in [2.05, 4.69) is 184 Å². The van der Waals surface area contributed by atoms with Crippen molar-refractivity contribution >= 4 is 21.5 Å². The van der Waals surface area contributed by atoms with Gasteiger partial charge >= 0.3 is 0 Å². The van der Waals surface area contributed by atoms with E-state index in [0.717, 1.165) is 0 Å². The Labute approximate surface area is 271 Å². The SMILES string of the molecule is Cc1ccc(-c2ccc(-c3ccccc3)cc2)cc1-c1cccc(-c2c3ccccc3c(-c3ccccc3C)c3ccccc23)c1. The fourth-order valence-electron chi connectivity index (χ4n) is 7.02. The molecule has 0 heteroatoms. The zero-order chi connectivity index (χ0) is 31.0. The summed E-state index contributed by atoms with van der Waals surface area (Å²) in [6.45, 7) is 4.43. The average Bonchev–Trinajstić information content (AvgIpc) is 3.12. The minimum Gasteiger partial charge on any atom is -0.0622 e. The highest BCUT2D eigenvalue weighted by atomic mass is 14.2. The van der Waals surface area contributed by atoms with Crippen LogP contribution in [0.1, 0.15) is 11.1 Å². The third kappa shape index (κ3) is 4.89. The van der Waals surface area contributed by atoms with Crippen molar-refractivity contribution in [3.05, 3.63) is 181 Å². The molecule has 46 heavy (non-hydrogen) atoms. The van der Waals surface area contributed by atoms with Gasteiger partial charge in [-0.25, -0.2) is 0 Å². The van der Waals surface area contributed by atoms with E-state index in [-0.39, 0.29) is 0 Å². The molecule has 0 saturated heterocycles. The molecule has 8 aromatic carbocycles. The van der Waals surface area contributed by atoms with E-state index >= 15 is 0 Å². The van der Waals surface area contributed by atoms with E-state index in [1.165, 1.54) is 88.3 Å². The molecule has 0 fully saturated rings. The molecule has 0 saturated carbocycles.